The van der Waals surface area contributed by atoms with Crippen molar-refractivity contribution in [2.75, 3.05) is 29.9 Å². The molecule has 128 valence electrons. The molecule has 0 atom stereocenters. The second-order valence-electron chi connectivity index (χ2n) is 5.59. The van der Waals surface area contributed by atoms with Crippen molar-refractivity contribution >= 4 is 23.2 Å². The molecule has 1 rings (SSSR count). The van der Waals surface area contributed by atoms with Gasteiger partial charge in [0, 0.05) is 31.0 Å². The van der Waals surface area contributed by atoms with Gasteiger partial charge in [0.15, 0.2) is 0 Å². The molecule has 2 N–H and O–H groups in total. The van der Waals surface area contributed by atoms with Crippen LogP contribution in [0.25, 0.3) is 0 Å². The first-order chi connectivity index (χ1) is 11.0. The Balaban J connectivity index is 2.62. The number of carbonyl (C=O) groups is 2. The fourth-order valence-corrected chi connectivity index (χ4v) is 2.41. The van der Waals surface area contributed by atoms with Crippen LogP contribution in [0.2, 0.25) is 0 Å². The maximum Gasteiger partial charge on any atom is 0.313 e. The van der Waals surface area contributed by atoms with E-state index in [1.54, 1.807) is 0 Å². The fraction of sp³-hybridized carbons (Fsp3) is 0.556. The molecule has 0 aliphatic heterocycles. The number of rotatable bonds is 8. The van der Waals surface area contributed by atoms with E-state index in [2.05, 4.69) is 36.3 Å². The normalized spacial score (nSPS) is 10.3. The van der Waals surface area contributed by atoms with Gasteiger partial charge in [0.1, 0.15) is 0 Å². The molecule has 0 saturated carbocycles. The third kappa shape index (κ3) is 5.93. The first kappa shape index (κ1) is 19.0. The summed E-state index contributed by atoms with van der Waals surface area (Å²) in [6.07, 6.45) is 3.03. The second-order valence-corrected chi connectivity index (χ2v) is 5.59. The van der Waals surface area contributed by atoms with Crippen molar-refractivity contribution in [3.63, 3.8) is 0 Å². The van der Waals surface area contributed by atoms with E-state index in [0.29, 0.717) is 12.2 Å². The van der Waals surface area contributed by atoms with E-state index in [1.807, 2.05) is 25.1 Å². The zero-order valence-electron chi connectivity index (χ0n) is 14.7. The van der Waals surface area contributed by atoms with E-state index in [0.717, 1.165) is 43.6 Å². The highest BCUT2D eigenvalue weighted by Gasteiger charge is 2.14. The number of carbonyl (C=O) groups excluding carboxylic acids is 2. The van der Waals surface area contributed by atoms with Gasteiger partial charge in [-0.15, -0.1) is 0 Å². The Kier molecular flexibility index (Phi) is 8.16. The van der Waals surface area contributed by atoms with Crippen LogP contribution in [0.5, 0.6) is 0 Å². The molecule has 0 aliphatic carbocycles. The van der Waals surface area contributed by atoms with E-state index in [9.17, 15) is 9.59 Å². The molecule has 0 unspecified atom stereocenters. The Bertz CT molecular complexity index is 525. The van der Waals surface area contributed by atoms with Gasteiger partial charge in [-0.25, -0.2) is 0 Å². The van der Waals surface area contributed by atoms with Crippen LogP contribution in [0.3, 0.4) is 0 Å². The molecule has 1 aromatic carbocycles. The Hall–Kier alpha value is -2.04. The van der Waals surface area contributed by atoms with Gasteiger partial charge in [-0.2, -0.15) is 0 Å². The third-order valence-corrected chi connectivity index (χ3v) is 3.86. The second kappa shape index (κ2) is 9.87. The number of hydrogen-bond donors (Lipinski definition) is 2. The molecule has 23 heavy (non-hydrogen) atoms. The largest absolute Gasteiger partial charge is 0.372 e. The molecular weight excluding hydrogens is 290 g/mol. The van der Waals surface area contributed by atoms with E-state index in [1.165, 1.54) is 0 Å². The molecule has 2 amide bonds. The molecule has 0 saturated heterocycles. The Labute approximate surface area is 139 Å². The lowest BCUT2D eigenvalue weighted by molar-refractivity contribution is -0.136. The number of amides is 2. The van der Waals surface area contributed by atoms with Crippen LogP contribution in [0, 0.1) is 6.92 Å². The van der Waals surface area contributed by atoms with E-state index in [4.69, 9.17) is 0 Å². The quantitative estimate of drug-likeness (QED) is 0.572. The highest BCUT2D eigenvalue weighted by atomic mass is 16.2. The van der Waals surface area contributed by atoms with E-state index in [-0.39, 0.29) is 0 Å². The molecule has 0 aromatic heterocycles. The summed E-state index contributed by atoms with van der Waals surface area (Å²) in [6, 6.07) is 5.85. The highest BCUT2D eigenvalue weighted by Crippen LogP contribution is 2.22. The summed E-state index contributed by atoms with van der Waals surface area (Å²) in [5.41, 5.74) is 2.74. The minimum Gasteiger partial charge on any atom is -0.372 e. The van der Waals surface area contributed by atoms with Crippen LogP contribution in [-0.2, 0) is 9.59 Å². The van der Waals surface area contributed by atoms with Crippen LogP contribution < -0.4 is 15.5 Å². The molecule has 5 nitrogen and oxygen atoms in total. The first-order valence-corrected chi connectivity index (χ1v) is 8.48. The predicted molar refractivity (Wildman–Crippen MR) is 95.9 cm³/mol. The Morgan fingerprint density at radius 2 is 1.74 bits per heavy atom. The molecule has 0 aliphatic rings. The van der Waals surface area contributed by atoms with Crippen molar-refractivity contribution in [3.05, 3.63) is 23.8 Å². The van der Waals surface area contributed by atoms with Crippen LogP contribution >= 0.6 is 0 Å². The number of benzene rings is 1. The fourth-order valence-electron chi connectivity index (χ4n) is 2.41. The molecular formula is C18H29N3O2. The van der Waals surface area contributed by atoms with Gasteiger partial charge in [-0.3, -0.25) is 9.59 Å². The molecule has 0 bridgehead atoms. The number of unbranched alkanes of at least 4 members (excludes halogenated alkanes) is 2. The average molecular weight is 319 g/mol. The average Bonchev–Trinajstić information content (AvgIpc) is 2.54. The van der Waals surface area contributed by atoms with Gasteiger partial charge in [-0.1, -0.05) is 19.8 Å². The number of aryl methyl sites for hydroxylation is 1. The van der Waals surface area contributed by atoms with Gasteiger partial charge >= 0.3 is 11.8 Å². The molecule has 0 fully saturated rings. The van der Waals surface area contributed by atoms with Gasteiger partial charge < -0.3 is 15.5 Å². The predicted octanol–water partition coefficient (Wildman–Crippen LogP) is 3.09. The molecule has 5 heteroatoms. The Morgan fingerprint density at radius 1 is 1.04 bits per heavy atom. The van der Waals surface area contributed by atoms with Crippen molar-refractivity contribution in [1.82, 2.24) is 5.32 Å². The van der Waals surface area contributed by atoms with E-state index < -0.39 is 11.8 Å². The van der Waals surface area contributed by atoms with E-state index >= 15 is 0 Å². The number of hydrogen-bond acceptors (Lipinski definition) is 3. The van der Waals surface area contributed by atoms with Crippen molar-refractivity contribution < 1.29 is 9.59 Å². The smallest absolute Gasteiger partial charge is 0.313 e. The zero-order valence-corrected chi connectivity index (χ0v) is 14.7. The monoisotopic (exact) mass is 319 g/mol. The zero-order chi connectivity index (χ0) is 17.2. The molecule has 0 heterocycles. The minimum absolute atomic E-state index is 0.542. The molecule has 0 radical (unpaired) electrons. The van der Waals surface area contributed by atoms with Crippen LogP contribution in [0.1, 0.15) is 45.6 Å². The van der Waals surface area contributed by atoms with Gasteiger partial charge in [-0.05, 0) is 51.0 Å². The summed E-state index contributed by atoms with van der Waals surface area (Å²) < 4.78 is 0. The summed E-state index contributed by atoms with van der Waals surface area (Å²) >= 11 is 0. The van der Waals surface area contributed by atoms with Crippen molar-refractivity contribution in [3.8, 4) is 0 Å². The van der Waals surface area contributed by atoms with Crippen LogP contribution in [0.15, 0.2) is 18.2 Å². The maximum absolute atomic E-state index is 11.9. The summed E-state index contributed by atoms with van der Waals surface area (Å²) in [6.45, 7) is 10.7. The molecule has 0 spiro atoms. The summed E-state index contributed by atoms with van der Waals surface area (Å²) in [7, 11) is 0. The standard InChI is InChI=1S/C18H29N3O2/c1-5-8-9-12-19-17(22)18(23)20-16-11-10-15(13-14(16)4)21(6-2)7-3/h10-11,13H,5-9,12H2,1-4H3,(H,19,22)(H,20,23). The number of anilines is 2. The number of nitrogens with zero attached hydrogens (tertiary/aromatic N) is 1. The van der Waals surface area contributed by atoms with Crippen molar-refractivity contribution in [2.45, 2.75) is 47.0 Å². The summed E-state index contributed by atoms with van der Waals surface area (Å²) in [4.78, 5) is 25.9. The van der Waals surface area contributed by atoms with Crippen molar-refractivity contribution in [2.24, 2.45) is 0 Å². The maximum atomic E-state index is 11.9. The summed E-state index contributed by atoms with van der Waals surface area (Å²) in [5, 5.41) is 5.33. The lowest BCUT2D eigenvalue weighted by Gasteiger charge is -2.22. The number of nitrogens with one attached hydrogen (secondary N) is 2. The third-order valence-electron chi connectivity index (χ3n) is 3.86. The van der Waals surface area contributed by atoms with Crippen LogP contribution in [0.4, 0.5) is 11.4 Å². The minimum atomic E-state index is -0.611. The lowest BCUT2D eigenvalue weighted by atomic mass is 10.1. The lowest BCUT2D eigenvalue weighted by Crippen LogP contribution is -2.36. The molecule has 1 aromatic rings. The first-order valence-electron chi connectivity index (χ1n) is 8.48. The SMILES string of the molecule is CCCCCNC(=O)C(=O)Nc1ccc(N(CC)CC)cc1C. The van der Waals surface area contributed by atoms with Crippen molar-refractivity contribution in [1.29, 1.82) is 0 Å². The Morgan fingerprint density at radius 3 is 2.30 bits per heavy atom. The highest BCUT2D eigenvalue weighted by molar-refractivity contribution is 6.39. The topological polar surface area (TPSA) is 61.4 Å². The van der Waals surface area contributed by atoms with Crippen LogP contribution in [-0.4, -0.2) is 31.4 Å². The van der Waals surface area contributed by atoms with Gasteiger partial charge in [0.2, 0.25) is 0 Å². The van der Waals surface area contributed by atoms with Gasteiger partial charge in [0.05, 0.1) is 0 Å². The summed E-state index contributed by atoms with van der Waals surface area (Å²) in [5.74, 6) is -1.19. The van der Waals surface area contributed by atoms with Gasteiger partial charge in [0.25, 0.3) is 0 Å².